The summed E-state index contributed by atoms with van der Waals surface area (Å²) >= 11 is 6.13. The highest BCUT2D eigenvalue weighted by atomic mass is 35.5. The van der Waals surface area contributed by atoms with Gasteiger partial charge in [0, 0.05) is 5.69 Å². The van der Waals surface area contributed by atoms with Crippen LogP contribution in [0.25, 0.3) is 0 Å². The second-order valence-electron chi connectivity index (χ2n) is 5.64. The van der Waals surface area contributed by atoms with Crippen molar-refractivity contribution >= 4 is 23.2 Å². The molecule has 1 aromatic heterocycles. The van der Waals surface area contributed by atoms with Gasteiger partial charge in [-0.1, -0.05) is 41.9 Å². The third-order valence-electron chi connectivity index (χ3n) is 3.87. The van der Waals surface area contributed by atoms with Crippen LogP contribution in [0.3, 0.4) is 0 Å². The summed E-state index contributed by atoms with van der Waals surface area (Å²) in [4.78, 5) is 12.9. The summed E-state index contributed by atoms with van der Waals surface area (Å²) in [5, 5.41) is 6.56. The number of amides is 1. The first-order valence-electron chi connectivity index (χ1n) is 8.12. The molecule has 0 fully saturated rings. The van der Waals surface area contributed by atoms with Gasteiger partial charge in [-0.25, -0.2) is 0 Å². The minimum atomic E-state index is -0.540. The first-order chi connectivity index (χ1) is 12.7. The molecular weight excluding hydrogens is 352 g/mol. The molecule has 0 saturated heterocycles. The predicted molar refractivity (Wildman–Crippen MR) is 101 cm³/mol. The Morgan fingerprint density at radius 3 is 2.62 bits per heavy atom. The van der Waals surface area contributed by atoms with E-state index in [2.05, 4.69) is 10.6 Å². The van der Waals surface area contributed by atoms with Gasteiger partial charge in [0.25, 0.3) is 0 Å². The fourth-order valence-corrected chi connectivity index (χ4v) is 2.84. The molecule has 3 rings (SSSR count). The van der Waals surface area contributed by atoms with Gasteiger partial charge >= 0.3 is 0 Å². The molecule has 2 N–H and O–H groups in total. The number of nitrogens with one attached hydrogen (secondary N) is 2. The molecule has 0 aliphatic rings. The largest absolute Gasteiger partial charge is 0.495 e. The van der Waals surface area contributed by atoms with Crippen molar-refractivity contribution in [2.75, 3.05) is 12.4 Å². The Hall–Kier alpha value is -2.76. The SMILES string of the molecule is COc1ccc(NC(=O)C(NCc2ccco2)c2ccccc2)cc1Cl. The molecule has 1 amide bonds. The van der Waals surface area contributed by atoms with Crippen LogP contribution >= 0.6 is 11.6 Å². The van der Waals surface area contributed by atoms with E-state index < -0.39 is 6.04 Å². The molecule has 5 nitrogen and oxygen atoms in total. The number of furan rings is 1. The van der Waals surface area contributed by atoms with Gasteiger partial charge in [-0.05, 0) is 35.9 Å². The average molecular weight is 371 g/mol. The maximum absolute atomic E-state index is 12.9. The lowest BCUT2D eigenvalue weighted by Crippen LogP contribution is -2.32. The second kappa shape index (κ2) is 8.56. The van der Waals surface area contributed by atoms with Crippen molar-refractivity contribution in [1.82, 2.24) is 5.32 Å². The first kappa shape index (κ1) is 18.0. The monoisotopic (exact) mass is 370 g/mol. The quantitative estimate of drug-likeness (QED) is 0.646. The van der Waals surface area contributed by atoms with E-state index in [4.69, 9.17) is 20.8 Å². The Morgan fingerprint density at radius 2 is 1.96 bits per heavy atom. The number of ether oxygens (including phenoxy) is 1. The van der Waals surface area contributed by atoms with E-state index in [1.807, 2.05) is 42.5 Å². The zero-order chi connectivity index (χ0) is 18.4. The van der Waals surface area contributed by atoms with Crippen LogP contribution in [0.2, 0.25) is 5.02 Å². The molecule has 0 spiro atoms. The smallest absolute Gasteiger partial charge is 0.246 e. The molecule has 0 bridgehead atoms. The highest BCUT2D eigenvalue weighted by Gasteiger charge is 2.21. The van der Waals surface area contributed by atoms with Crippen molar-refractivity contribution < 1.29 is 13.9 Å². The summed E-state index contributed by atoms with van der Waals surface area (Å²) in [6.45, 7) is 0.434. The summed E-state index contributed by atoms with van der Waals surface area (Å²) < 4.78 is 10.5. The molecule has 134 valence electrons. The Morgan fingerprint density at radius 1 is 1.15 bits per heavy atom. The van der Waals surface area contributed by atoms with Crippen molar-refractivity contribution in [3.63, 3.8) is 0 Å². The van der Waals surface area contributed by atoms with E-state index in [0.29, 0.717) is 23.0 Å². The van der Waals surface area contributed by atoms with E-state index >= 15 is 0 Å². The van der Waals surface area contributed by atoms with Crippen molar-refractivity contribution in [2.24, 2.45) is 0 Å². The minimum absolute atomic E-state index is 0.191. The third-order valence-corrected chi connectivity index (χ3v) is 4.17. The molecule has 0 saturated carbocycles. The number of benzene rings is 2. The molecule has 1 atom stereocenters. The van der Waals surface area contributed by atoms with E-state index in [0.717, 1.165) is 11.3 Å². The van der Waals surface area contributed by atoms with Gasteiger partial charge in [-0.15, -0.1) is 0 Å². The lowest BCUT2D eigenvalue weighted by Gasteiger charge is -2.19. The van der Waals surface area contributed by atoms with Crippen LogP contribution in [0, 0.1) is 0 Å². The van der Waals surface area contributed by atoms with Gasteiger partial charge in [0.15, 0.2) is 0 Å². The standard InChI is InChI=1S/C20H19ClN2O3/c1-25-18-10-9-15(12-17(18)21)23-20(24)19(14-6-3-2-4-7-14)22-13-16-8-5-11-26-16/h2-12,19,22H,13H2,1H3,(H,23,24). The lowest BCUT2D eigenvalue weighted by atomic mass is 10.1. The number of halogens is 1. The van der Waals surface area contributed by atoms with Gasteiger partial charge in [0.1, 0.15) is 17.6 Å². The van der Waals surface area contributed by atoms with Gasteiger partial charge < -0.3 is 14.5 Å². The number of carbonyl (C=O) groups is 1. The molecule has 1 unspecified atom stereocenters. The molecule has 26 heavy (non-hydrogen) atoms. The Kier molecular flexibility index (Phi) is 5.94. The highest BCUT2D eigenvalue weighted by Crippen LogP contribution is 2.28. The molecule has 1 heterocycles. The number of methoxy groups -OCH3 is 1. The Balaban J connectivity index is 1.76. The molecule has 3 aromatic rings. The van der Waals surface area contributed by atoms with Crippen LogP contribution in [-0.4, -0.2) is 13.0 Å². The summed E-state index contributed by atoms with van der Waals surface area (Å²) in [5.41, 5.74) is 1.46. The second-order valence-corrected chi connectivity index (χ2v) is 6.05. The van der Waals surface area contributed by atoms with Crippen molar-refractivity contribution in [3.8, 4) is 5.75 Å². The van der Waals surface area contributed by atoms with Crippen LogP contribution < -0.4 is 15.4 Å². The first-order valence-corrected chi connectivity index (χ1v) is 8.50. The maximum Gasteiger partial charge on any atom is 0.246 e. The van der Waals surface area contributed by atoms with Crippen molar-refractivity contribution in [1.29, 1.82) is 0 Å². The summed E-state index contributed by atoms with van der Waals surface area (Å²) in [7, 11) is 1.55. The van der Waals surface area contributed by atoms with Crippen LogP contribution in [0.5, 0.6) is 5.75 Å². The third kappa shape index (κ3) is 4.45. The fraction of sp³-hybridized carbons (Fsp3) is 0.150. The van der Waals surface area contributed by atoms with Crippen molar-refractivity contribution in [2.45, 2.75) is 12.6 Å². The predicted octanol–water partition coefficient (Wildman–Crippen LogP) is 4.41. The van der Waals surface area contributed by atoms with Gasteiger partial charge in [-0.3, -0.25) is 10.1 Å². The minimum Gasteiger partial charge on any atom is -0.495 e. The number of rotatable bonds is 7. The number of hydrogen-bond acceptors (Lipinski definition) is 4. The summed E-state index contributed by atoms with van der Waals surface area (Å²) in [5.74, 6) is 1.12. The van der Waals surface area contributed by atoms with Crippen LogP contribution in [0.15, 0.2) is 71.3 Å². The molecule has 0 aliphatic heterocycles. The summed E-state index contributed by atoms with van der Waals surface area (Å²) in [6, 6.07) is 17.8. The highest BCUT2D eigenvalue weighted by molar-refractivity contribution is 6.32. The van der Waals surface area contributed by atoms with Gasteiger partial charge in [0.05, 0.1) is 24.9 Å². The van der Waals surface area contributed by atoms with Crippen LogP contribution in [0.1, 0.15) is 17.4 Å². The van der Waals surface area contributed by atoms with Gasteiger partial charge in [0.2, 0.25) is 5.91 Å². The molecule has 6 heteroatoms. The molecule has 0 radical (unpaired) electrons. The topological polar surface area (TPSA) is 63.5 Å². The Bertz CT molecular complexity index is 851. The molecule has 0 aliphatic carbocycles. The average Bonchev–Trinajstić information content (AvgIpc) is 3.16. The molecular formula is C20H19ClN2O3. The van der Waals surface area contributed by atoms with E-state index in [1.165, 1.54) is 0 Å². The zero-order valence-electron chi connectivity index (χ0n) is 14.2. The number of hydrogen-bond donors (Lipinski definition) is 2. The Labute approximate surface area is 156 Å². The normalized spacial score (nSPS) is 11.8. The number of anilines is 1. The van der Waals surface area contributed by atoms with Crippen LogP contribution in [0.4, 0.5) is 5.69 Å². The van der Waals surface area contributed by atoms with Crippen LogP contribution in [-0.2, 0) is 11.3 Å². The fourth-order valence-electron chi connectivity index (χ4n) is 2.58. The summed E-state index contributed by atoms with van der Waals surface area (Å²) in [6.07, 6.45) is 1.61. The zero-order valence-corrected chi connectivity index (χ0v) is 15.0. The number of carbonyl (C=O) groups excluding carboxylic acids is 1. The van der Waals surface area contributed by atoms with E-state index in [9.17, 15) is 4.79 Å². The van der Waals surface area contributed by atoms with E-state index in [-0.39, 0.29) is 5.91 Å². The maximum atomic E-state index is 12.9. The van der Waals surface area contributed by atoms with Gasteiger partial charge in [-0.2, -0.15) is 0 Å². The molecule has 2 aromatic carbocycles. The van der Waals surface area contributed by atoms with Crippen molar-refractivity contribution in [3.05, 3.63) is 83.3 Å². The van der Waals surface area contributed by atoms with E-state index in [1.54, 1.807) is 31.6 Å². The lowest BCUT2D eigenvalue weighted by molar-refractivity contribution is -0.118.